The molecule has 0 saturated carbocycles. The van der Waals surface area contributed by atoms with Crippen molar-refractivity contribution in [3.8, 4) is 0 Å². The van der Waals surface area contributed by atoms with E-state index < -0.39 is 35.6 Å². The monoisotopic (exact) mass is 556 g/mol. The second kappa shape index (κ2) is 9.13. The molecule has 2 aromatic heterocycles. The van der Waals surface area contributed by atoms with Crippen molar-refractivity contribution in [2.24, 2.45) is 5.92 Å². The van der Waals surface area contributed by atoms with E-state index in [4.69, 9.17) is 9.47 Å². The van der Waals surface area contributed by atoms with Crippen LogP contribution in [0.25, 0.3) is 43.6 Å². The summed E-state index contributed by atoms with van der Waals surface area (Å²) in [6.45, 7) is 0.931. The standard InChI is InChI=1S/C30H25FN4O6/c1-40-20(36)10-19(30(39)41-2)32-11-13-8-14-4-3-5-17-22-24-23(28(37)34-29(24)38)21-16-7-6-15(31)9-18(16)33-25(21)27(22)35(12-13)26(14)17/h3-7,9,13,19,32-33H,8,10-12H2,1-2H3,(H,34,37,38). The number of carbonyl (C=O) groups is 4. The molecule has 4 heterocycles. The van der Waals surface area contributed by atoms with Crippen LogP contribution in [0.3, 0.4) is 0 Å². The number of H-pyrrole nitrogens is 1. The van der Waals surface area contributed by atoms with Gasteiger partial charge in [0.1, 0.15) is 11.9 Å². The van der Waals surface area contributed by atoms with Gasteiger partial charge in [-0.2, -0.15) is 0 Å². The fourth-order valence-corrected chi connectivity index (χ4v) is 6.60. The lowest BCUT2D eigenvalue weighted by atomic mass is 9.93. The van der Waals surface area contributed by atoms with E-state index in [1.165, 1.54) is 26.4 Å². The van der Waals surface area contributed by atoms with Crippen LogP contribution >= 0.6 is 0 Å². The van der Waals surface area contributed by atoms with Crippen LogP contribution in [0, 0.1) is 11.7 Å². The average molecular weight is 557 g/mol. The zero-order valence-electron chi connectivity index (χ0n) is 22.2. The second-order valence-corrected chi connectivity index (χ2v) is 10.6. The van der Waals surface area contributed by atoms with Crippen LogP contribution in [0.4, 0.5) is 4.39 Å². The molecular weight excluding hydrogens is 531 g/mol. The molecular formula is C30H25FN4O6. The van der Waals surface area contributed by atoms with Crippen molar-refractivity contribution in [3.63, 3.8) is 0 Å². The third kappa shape index (κ3) is 3.65. The Balaban J connectivity index is 1.42. The molecule has 2 aliphatic rings. The van der Waals surface area contributed by atoms with Crippen molar-refractivity contribution in [2.75, 3.05) is 20.8 Å². The first-order chi connectivity index (χ1) is 19.8. The van der Waals surface area contributed by atoms with Crippen LogP contribution < -0.4 is 10.6 Å². The van der Waals surface area contributed by atoms with Crippen molar-refractivity contribution >= 4 is 67.4 Å². The molecule has 3 N–H and O–H groups in total. The lowest BCUT2D eigenvalue weighted by molar-refractivity contribution is -0.149. The molecule has 2 atom stereocenters. The van der Waals surface area contributed by atoms with Crippen LogP contribution in [0.5, 0.6) is 0 Å². The fraction of sp³-hybridized carbons (Fsp3) is 0.267. The second-order valence-electron chi connectivity index (χ2n) is 10.6. The smallest absolute Gasteiger partial charge is 0.323 e. The van der Waals surface area contributed by atoms with Gasteiger partial charge in [-0.1, -0.05) is 18.2 Å². The van der Waals surface area contributed by atoms with Crippen molar-refractivity contribution in [1.29, 1.82) is 0 Å². The van der Waals surface area contributed by atoms with Gasteiger partial charge in [-0.3, -0.25) is 24.5 Å². The summed E-state index contributed by atoms with van der Waals surface area (Å²) in [5, 5.41) is 8.41. The molecule has 0 fully saturated rings. The number of rotatable bonds is 6. The van der Waals surface area contributed by atoms with Gasteiger partial charge in [-0.25, -0.2) is 4.39 Å². The van der Waals surface area contributed by atoms with Crippen LogP contribution in [0.15, 0.2) is 36.4 Å². The number of imide groups is 1. The summed E-state index contributed by atoms with van der Waals surface area (Å²) in [6, 6.07) is 9.39. The van der Waals surface area contributed by atoms with Crippen molar-refractivity contribution in [2.45, 2.75) is 25.4 Å². The van der Waals surface area contributed by atoms with E-state index in [2.05, 4.69) is 20.2 Å². The number of hydrogen-bond donors (Lipinski definition) is 3. The number of benzene rings is 3. The average Bonchev–Trinajstić information content (AvgIpc) is 3.59. The highest BCUT2D eigenvalue weighted by Gasteiger charge is 2.37. The van der Waals surface area contributed by atoms with E-state index in [0.717, 1.165) is 22.0 Å². The SMILES string of the molecule is COC(=O)CC(NCC1Cc2cccc3c4c5c(c6c7ccc(F)cc7[nH]c6c4n(c23)C1)C(=O)NC5=O)C(=O)OC. The molecule has 208 valence electrons. The number of carbonyl (C=O) groups excluding carboxylic acids is 4. The molecule has 0 radical (unpaired) electrons. The predicted octanol–water partition coefficient (Wildman–Crippen LogP) is 3.32. The quantitative estimate of drug-likeness (QED) is 0.216. The first kappa shape index (κ1) is 25.2. The number of nitrogens with one attached hydrogen (secondary N) is 3. The van der Waals surface area contributed by atoms with Crippen LogP contribution in [0.1, 0.15) is 32.7 Å². The molecule has 11 heteroatoms. The van der Waals surface area contributed by atoms with Crippen molar-refractivity contribution in [1.82, 2.24) is 20.2 Å². The van der Waals surface area contributed by atoms with E-state index in [9.17, 15) is 23.6 Å². The Labute approximate surface area is 231 Å². The summed E-state index contributed by atoms with van der Waals surface area (Å²) in [6.07, 6.45) is 0.520. The lowest BCUT2D eigenvalue weighted by Crippen LogP contribution is -2.43. The van der Waals surface area contributed by atoms with Crippen LogP contribution in [0.2, 0.25) is 0 Å². The Bertz CT molecular complexity index is 1990. The molecule has 7 rings (SSSR count). The predicted molar refractivity (Wildman–Crippen MR) is 148 cm³/mol. The van der Waals surface area contributed by atoms with Gasteiger partial charge in [0.25, 0.3) is 11.8 Å². The number of nitrogens with zero attached hydrogens (tertiary/aromatic N) is 1. The maximum atomic E-state index is 14.2. The molecule has 0 aliphatic carbocycles. The molecule has 0 saturated heterocycles. The third-order valence-corrected chi connectivity index (χ3v) is 8.28. The fourth-order valence-electron chi connectivity index (χ4n) is 6.60. The Morgan fingerprint density at radius 2 is 1.83 bits per heavy atom. The molecule has 3 aromatic carbocycles. The van der Waals surface area contributed by atoms with Gasteiger partial charge in [0.05, 0.1) is 48.3 Å². The van der Waals surface area contributed by atoms with E-state index in [1.807, 2.05) is 18.2 Å². The summed E-state index contributed by atoms with van der Waals surface area (Å²) in [4.78, 5) is 53.9. The first-order valence-electron chi connectivity index (χ1n) is 13.2. The van der Waals surface area contributed by atoms with Gasteiger partial charge in [-0.05, 0) is 36.1 Å². The van der Waals surface area contributed by atoms with E-state index >= 15 is 0 Å². The molecule has 0 bridgehead atoms. The number of aromatic nitrogens is 2. The number of fused-ring (bicyclic) bond motifs is 10. The van der Waals surface area contributed by atoms with Gasteiger partial charge in [-0.15, -0.1) is 0 Å². The molecule has 10 nitrogen and oxygen atoms in total. The summed E-state index contributed by atoms with van der Waals surface area (Å²) in [7, 11) is 2.53. The molecule has 2 unspecified atom stereocenters. The van der Waals surface area contributed by atoms with Crippen molar-refractivity contribution in [3.05, 3.63) is 58.9 Å². The number of esters is 2. The maximum absolute atomic E-state index is 14.2. The molecule has 2 aliphatic heterocycles. The van der Waals surface area contributed by atoms with Gasteiger partial charge in [0, 0.05) is 40.2 Å². The van der Waals surface area contributed by atoms with Gasteiger partial charge in [0.15, 0.2) is 0 Å². The minimum Gasteiger partial charge on any atom is -0.469 e. The first-order valence-corrected chi connectivity index (χ1v) is 13.2. The van der Waals surface area contributed by atoms with E-state index in [-0.39, 0.29) is 12.3 Å². The number of ether oxygens (including phenoxy) is 2. The number of amides is 2. The summed E-state index contributed by atoms with van der Waals surface area (Å²) >= 11 is 0. The van der Waals surface area contributed by atoms with Gasteiger partial charge >= 0.3 is 11.9 Å². The Hall–Kier alpha value is -4.77. The highest BCUT2D eigenvalue weighted by molar-refractivity contribution is 6.39. The summed E-state index contributed by atoms with van der Waals surface area (Å²) in [5.74, 6) is -2.43. The van der Waals surface area contributed by atoms with Gasteiger partial charge in [0.2, 0.25) is 0 Å². The third-order valence-electron chi connectivity index (χ3n) is 8.28. The largest absolute Gasteiger partial charge is 0.469 e. The topological polar surface area (TPSA) is 132 Å². The van der Waals surface area contributed by atoms with E-state index in [1.54, 1.807) is 6.07 Å². The minimum absolute atomic E-state index is 0.00842. The lowest BCUT2D eigenvalue weighted by Gasteiger charge is -2.27. The number of para-hydroxylation sites is 1. The maximum Gasteiger partial charge on any atom is 0.323 e. The molecule has 41 heavy (non-hydrogen) atoms. The minimum atomic E-state index is -0.862. The molecule has 2 amide bonds. The zero-order chi connectivity index (χ0) is 28.6. The van der Waals surface area contributed by atoms with Crippen LogP contribution in [-0.2, 0) is 32.0 Å². The number of halogens is 1. The Morgan fingerprint density at radius 3 is 2.59 bits per heavy atom. The number of hydrogen-bond acceptors (Lipinski definition) is 7. The highest BCUT2D eigenvalue weighted by atomic mass is 19.1. The normalized spacial score (nSPS) is 16.9. The van der Waals surface area contributed by atoms with E-state index in [0.29, 0.717) is 57.8 Å². The van der Waals surface area contributed by atoms with Crippen molar-refractivity contribution < 1.29 is 33.0 Å². The number of methoxy groups -OCH3 is 2. The zero-order valence-corrected chi connectivity index (χ0v) is 22.2. The molecule has 0 spiro atoms. The Kier molecular flexibility index (Phi) is 5.62. The summed E-state index contributed by atoms with van der Waals surface area (Å²) < 4.78 is 26.0. The summed E-state index contributed by atoms with van der Waals surface area (Å²) in [5.41, 5.74) is 4.56. The van der Waals surface area contributed by atoms with Gasteiger partial charge < -0.3 is 24.3 Å². The highest BCUT2D eigenvalue weighted by Crippen LogP contribution is 2.45. The van der Waals surface area contributed by atoms with Crippen LogP contribution in [-0.4, -0.2) is 60.1 Å². The number of aromatic amines is 1. The molecule has 5 aromatic rings. The Morgan fingerprint density at radius 1 is 1.05 bits per heavy atom.